The average molecular weight is 232 g/mol. The van der Waals surface area contributed by atoms with Crippen LogP contribution in [-0.4, -0.2) is 33.3 Å². The van der Waals surface area contributed by atoms with Crippen LogP contribution in [-0.2, 0) is 16.1 Å². The van der Waals surface area contributed by atoms with E-state index in [-0.39, 0.29) is 12.5 Å². The molecule has 0 amide bonds. The topological polar surface area (TPSA) is 69.9 Å². The second-order valence-corrected chi connectivity index (χ2v) is 3.61. The number of hydrogen-bond acceptors (Lipinski definition) is 5. The average Bonchev–Trinajstić information content (AvgIpc) is 2.77. The molecule has 1 aromatic carbocycles. The van der Waals surface area contributed by atoms with E-state index in [1.165, 1.54) is 11.8 Å². The molecule has 88 valence electrons. The first-order valence-corrected chi connectivity index (χ1v) is 5.10. The minimum atomic E-state index is -0.383. The lowest BCUT2D eigenvalue weighted by Crippen LogP contribution is -2.14. The molecule has 1 heterocycles. The predicted molar refractivity (Wildman–Crippen MR) is 60.0 cm³/mol. The Labute approximate surface area is 98.2 Å². The molecule has 0 atom stereocenters. The zero-order valence-electron chi connectivity index (χ0n) is 9.62. The Morgan fingerprint density at radius 2 is 2.29 bits per heavy atom. The van der Waals surface area contributed by atoms with Crippen LogP contribution in [0, 0.1) is 6.92 Å². The Hall–Kier alpha value is -2.24. The molecule has 0 saturated heterocycles. The minimum Gasteiger partial charge on any atom is -0.468 e. The Morgan fingerprint density at radius 3 is 3.00 bits per heavy atom. The first kappa shape index (κ1) is 11.3. The van der Waals surface area contributed by atoms with E-state index in [0.29, 0.717) is 5.82 Å². The molecule has 0 aliphatic rings. The number of rotatable bonds is 3. The summed E-state index contributed by atoms with van der Waals surface area (Å²) in [6, 6.07) is 7.76. The van der Waals surface area contributed by atoms with Gasteiger partial charge >= 0.3 is 5.97 Å². The van der Waals surface area contributed by atoms with Gasteiger partial charge in [-0.15, -0.1) is 5.10 Å². The fourth-order valence-electron chi connectivity index (χ4n) is 1.49. The molecule has 2 rings (SSSR count). The summed E-state index contributed by atoms with van der Waals surface area (Å²) in [7, 11) is 1.33. The molecule has 0 fully saturated rings. The van der Waals surface area contributed by atoms with E-state index >= 15 is 0 Å². The van der Waals surface area contributed by atoms with Crippen molar-refractivity contribution in [2.75, 3.05) is 7.11 Å². The molecule has 2 aromatic rings. The van der Waals surface area contributed by atoms with Crippen LogP contribution in [0.1, 0.15) is 5.56 Å². The van der Waals surface area contributed by atoms with Gasteiger partial charge in [0.15, 0.2) is 5.82 Å². The van der Waals surface area contributed by atoms with Gasteiger partial charge in [-0.2, -0.15) is 0 Å². The van der Waals surface area contributed by atoms with Crippen LogP contribution < -0.4 is 0 Å². The van der Waals surface area contributed by atoms with Crippen molar-refractivity contribution < 1.29 is 9.53 Å². The van der Waals surface area contributed by atoms with Crippen LogP contribution in [0.4, 0.5) is 0 Å². The lowest BCUT2D eigenvalue weighted by molar-refractivity contribution is -0.141. The largest absolute Gasteiger partial charge is 0.468 e. The number of aromatic nitrogens is 4. The van der Waals surface area contributed by atoms with Gasteiger partial charge in [0.2, 0.25) is 0 Å². The molecule has 0 aliphatic carbocycles. The smallest absolute Gasteiger partial charge is 0.327 e. The number of tetrazole rings is 1. The Morgan fingerprint density at radius 1 is 1.47 bits per heavy atom. The van der Waals surface area contributed by atoms with E-state index in [1.807, 2.05) is 31.2 Å². The summed E-state index contributed by atoms with van der Waals surface area (Å²) in [5.41, 5.74) is 1.98. The number of carbonyl (C=O) groups is 1. The highest BCUT2D eigenvalue weighted by Crippen LogP contribution is 2.16. The number of ether oxygens (including phenoxy) is 1. The van der Waals surface area contributed by atoms with Crippen LogP contribution in [0.15, 0.2) is 24.3 Å². The van der Waals surface area contributed by atoms with Crippen LogP contribution in [0.2, 0.25) is 0 Å². The lowest BCUT2D eigenvalue weighted by atomic mass is 10.1. The normalized spacial score (nSPS) is 10.2. The number of aryl methyl sites for hydroxylation is 1. The zero-order valence-corrected chi connectivity index (χ0v) is 9.62. The van der Waals surface area contributed by atoms with E-state index in [0.717, 1.165) is 11.1 Å². The Balaban J connectivity index is 2.33. The number of methoxy groups -OCH3 is 1. The van der Waals surface area contributed by atoms with Crippen LogP contribution in [0.3, 0.4) is 0 Å². The van der Waals surface area contributed by atoms with Gasteiger partial charge in [0, 0.05) is 5.56 Å². The summed E-state index contributed by atoms with van der Waals surface area (Å²) in [6.07, 6.45) is 0. The molecule has 1 aromatic heterocycles. The van der Waals surface area contributed by atoms with E-state index in [1.54, 1.807) is 0 Å². The van der Waals surface area contributed by atoms with Gasteiger partial charge in [-0.05, 0) is 23.4 Å². The highest BCUT2D eigenvalue weighted by molar-refractivity contribution is 5.70. The lowest BCUT2D eigenvalue weighted by Gasteiger charge is -2.03. The van der Waals surface area contributed by atoms with Crippen LogP contribution in [0.25, 0.3) is 11.4 Å². The van der Waals surface area contributed by atoms with Crippen LogP contribution in [0.5, 0.6) is 0 Å². The molecule has 0 N–H and O–H groups in total. The number of benzene rings is 1. The monoisotopic (exact) mass is 232 g/mol. The summed E-state index contributed by atoms with van der Waals surface area (Å²) in [4.78, 5) is 11.2. The number of carbonyl (C=O) groups excluding carboxylic acids is 1. The molecular weight excluding hydrogens is 220 g/mol. The van der Waals surface area contributed by atoms with Gasteiger partial charge in [0.1, 0.15) is 6.54 Å². The van der Waals surface area contributed by atoms with Crippen molar-refractivity contribution in [2.45, 2.75) is 13.5 Å². The quantitative estimate of drug-likeness (QED) is 0.733. The van der Waals surface area contributed by atoms with Gasteiger partial charge in [-0.3, -0.25) is 4.79 Å². The van der Waals surface area contributed by atoms with Crippen molar-refractivity contribution in [1.82, 2.24) is 20.2 Å². The summed E-state index contributed by atoms with van der Waals surface area (Å²) in [6.45, 7) is 1.99. The molecule has 0 bridgehead atoms. The van der Waals surface area contributed by atoms with Crippen molar-refractivity contribution >= 4 is 5.97 Å². The molecule has 0 spiro atoms. The van der Waals surface area contributed by atoms with Crippen molar-refractivity contribution in [1.29, 1.82) is 0 Å². The van der Waals surface area contributed by atoms with E-state index in [4.69, 9.17) is 0 Å². The fourth-order valence-corrected chi connectivity index (χ4v) is 1.49. The number of esters is 1. The summed E-state index contributed by atoms with van der Waals surface area (Å²) in [5.74, 6) is 0.172. The third-order valence-corrected chi connectivity index (χ3v) is 2.31. The molecule has 0 aliphatic heterocycles. The zero-order chi connectivity index (χ0) is 12.3. The van der Waals surface area contributed by atoms with Crippen LogP contribution >= 0.6 is 0 Å². The highest BCUT2D eigenvalue weighted by Gasteiger charge is 2.12. The first-order chi connectivity index (χ1) is 8.20. The SMILES string of the molecule is COC(=O)Cn1nnnc1-c1cccc(C)c1. The van der Waals surface area contributed by atoms with E-state index < -0.39 is 0 Å². The van der Waals surface area contributed by atoms with E-state index in [9.17, 15) is 4.79 Å². The second kappa shape index (κ2) is 4.73. The van der Waals surface area contributed by atoms with E-state index in [2.05, 4.69) is 20.3 Å². The molecule has 6 nitrogen and oxygen atoms in total. The Bertz CT molecular complexity index is 536. The van der Waals surface area contributed by atoms with Gasteiger partial charge < -0.3 is 4.74 Å². The maximum Gasteiger partial charge on any atom is 0.327 e. The minimum absolute atomic E-state index is 0.00672. The molecule has 17 heavy (non-hydrogen) atoms. The summed E-state index contributed by atoms with van der Waals surface area (Å²) < 4.78 is 6.00. The van der Waals surface area contributed by atoms with Crippen molar-refractivity contribution in [3.05, 3.63) is 29.8 Å². The summed E-state index contributed by atoms with van der Waals surface area (Å²) >= 11 is 0. The van der Waals surface area contributed by atoms with Crippen molar-refractivity contribution in [3.63, 3.8) is 0 Å². The third-order valence-electron chi connectivity index (χ3n) is 2.31. The maximum atomic E-state index is 11.2. The fraction of sp³-hybridized carbons (Fsp3) is 0.273. The molecule has 0 unspecified atom stereocenters. The van der Waals surface area contributed by atoms with Crippen molar-refractivity contribution in [2.24, 2.45) is 0 Å². The van der Waals surface area contributed by atoms with Gasteiger partial charge in [0.05, 0.1) is 7.11 Å². The third kappa shape index (κ3) is 2.47. The van der Waals surface area contributed by atoms with Crippen molar-refractivity contribution in [3.8, 4) is 11.4 Å². The number of nitrogens with zero attached hydrogens (tertiary/aromatic N) is 4. The second-order valence-electron chi connectivity index (χ2n) is 3.61. The standard InChI is InChI=1S/C11H12N4O2/c1-8-4-3-5-9(6-8)11-12-13-14-15(11)7-10(16)17-2/h3-6H,7H2,1-2H3. The highest BCUT2D eigenvalue weighted by atomic mass is 16.5. The first-order valence-electron chi connectivity index (χ1n) is 5.10. The molecular formula is C11H12N4O2. The maximum absolute atomic E-state index is 11.2. The molecule has 0 radical (unpaired) electrons. The van der Waals surface area contributed by atoms with Gasteiger partial charge in [-0.1, -0.05) is 23.8 Å². The summed E-state index contributed by atoms with van der Waals surface area (Å²) in [5, 5.41) is 11.2. The number of hydrogen-bond donors (Lipinski definition) is 0. The van der Waals surface area contributed by atoms with Gasteiger partial charge in [0.25, 0.3) is 0 Å². The Kier molecular flexibility index (Phi) is 3.13. The molecule has 6 heteroatoms. The predicted octanol–water partition coefficient (Wildman–Crippen LogP) is 0.822. The molecule has 0 saturated carbocycles. The van der Waals surface area contributed by atoms with Gasteiger partial charge in [-0.25, -0.2) is 4.68 Å².